The fourth-order valence-electron chi connectivity index (χ4n) is 2.18. The highest BCUT2D eigenvalue weighted by Crippen LogP contribution is 2.22. The van der Waals surface area contributed by atoms with Gasteiger partial charge in [-0.3, -0.25) is 4.79 Å². The molecule has 0 aliphatic carbocycles. The molecule has 0 spiro atoms. The Morgan fingerprint density at radius 2 is 2.00 bits per heavy atom. The molecular weight excluding hydrogens is 325 g/mol. The summed E-state index contributed by atoms with van der Waals surface area (Å²) in [5.41, 5.74) is 7.11. The summed E-state index contributed by atoms with van der Waals surface area (Å²) in [6.07, 6.45) is 0. The third-order valence-electron chi connectivity index (χ3n) is 3.50. The maximum atomic E-state index is 13.1. The van der Waals surface area contributed by atoms with Gasteiger partial charge in [0.1, 0.15) is 24.2 Å². The predicted molar refractivity (Wildman–Crippen MR) is 92.7 cm³/mol. The van der Waals surface area contributed by atoms with Gasteiger partial charge in [0, 0.05) is 5.69 Å². The lowest BCUT2D eigenvalue weighted by atomic mass is 10.1. The number of ether oxygens (including phenoxy) is 1. The van der Waals surface area contributed by atoms with Crippen molar-refractivity contribution in [2.45, 2.75) is 26.5 Å². The second kappa shape index (κ2) is 8.14. The number of hydrogen-bond acceptors (Lipinski definition) is 3. The Bertz CT molecular complexity index is 780. The van der Waals surface area contributed by atoms with E-state index in [1.165, 1.54) is 19.1 Å². The summed E-state index contributed by atoms with van der Waals surface area (Å²) < 4.78 is 18.8. The molecule has 0 aliphatic heterocycles. The number of amides is 3. The molecule has 7 heteroatoms. The lowest BCUT2D eigenvalue weighted by molar-refractivity contribution is -0.117. The fourth-order valence-corrected chi connectivity index (χ4v) is 2.18. The van der Waals surface area contributed by atoms with E-state index >= 15 is 0 Å². The monoisotopic (exact) mass is 345 g/mol. The van der Waals surface area contributed by atoms with Gasteiger partial charge in [-0.15, -0.1) is 0 Å². The number of carbonyl (C=O) groups excluding carboxylic acids is 2. The average Bonchev–Trinajstić information content (AvgIpc) is 2.54. The van der Waals surface area contributed by atoms with E-state index in [9.17, 15) is 14.0 Å². The van der Waals surface area contributed by atoms with Crippen LogP contribution >= 0.6 is 0 Å². The molecule has 0 unspecified atom stereocenters. The topological polar surface area (TPSA) is 93.4 Å². The molecule has 132 valence electrons. The van der Waals surface area contributed by atoms with Crippen molar-refractivity contribution in [3.8, 4) is 5.75 Å². The Balaban J connectivity index is 1.98. The van der Waals surface area contributed by atoms with E-state index in [2.05, 4.69) is 10.6 Å². The highest BCUT2D eigenvalue weighted by molar-refractivity contribution is 5.97. The van der Waals surface area contributed by atoms with Crippen molar-refractivity contribution in [1.82, 2.24) is 5.32 Å². The van der Waals surface area contributed by atoms with Gasteiger partial charge >= 0.3 is 6.03 Å². The Morgan fingerprint density at radius 3 is 2.64 bits per heavy atom. The van der Waals surface area contributed by atoms with Gasteiger partial charge in [0.25, 0.3) is 0 Å². The first-order chi connectivity index (χ1) is 11.8. The molecular formula is C18H20FN3O3. The number of primary amides is 1. The number of nitrogens with two attached hydrogens (primary N) is 1. The molecule has 0 bridgehead atoms. The van der Waals surface area contributed by atoms with Crippen LogP contribution in [0.2, 0.25) is 0 Å². The van der Waals surface area contributed by atoms with Crippen LogP contribution in [0.4, 0.5) is 14.9 Å². The minimum Gasteiger partial charge on any atom is -0.489 e. The van der Waals surface area contributed by atoms with Crippen LogP contribution in [0.3, 0.4) is 0 Å². The van der Waals surface area contributed by atoms with Gasteiger partial charge in [-0.05, 0) is 55.3 Å². The number of halogens is 1. The van der Waals surface area contributed by atoms with Crippen LogP contribution in [0.25, 0.3) is 0 Å². The SMILES string of the molecule is Cc1cc(OCc2cccc(F)c2)ccc1NC(=O)[C@H](C)NC(N)=O. The van der Waals surface area contributed by atoms with Gasteiger partial charge in [-0.2, -0.15) is 0 Å². The largest absolute Gasteiger partial charge is 0.489 e. The fraction of sp³-hybridized carbons (Fsp3) is 0.222. The normalized spacial score (nSPS) is 11.5. The van der Waals surface area contributed by atoms with Gasteiger partial charge in [-0.25, -0.2) is 9.18 Å². The molecule has 3 amide bonds. The van der Waals surface area contributed by atoms with Gasteiger partial charge < -0.3 is 21.1 Å². The van der Waals surface area contributed by atoms with Crippen LogP contribution < -0.4 is 21.1 Å². The van der Waals surface area contributed by atoms with Crippen LogP contribution in [0, 0.1) is 12.7 Å². The first-order valence-corrected chi connectivity index (χ1v) is 7.70. The van der Waals surface area contributed by atoms with Crippen LogP contribution in [0.5, 0.6) is 5.75 Å². The Hall–Kier alpha value is -3.09. The van der Waals surface area contributed by atoms with Crippen molar-refractivity contribution < 1.29 is 18.7 Å². The zero-order chi connectivity index (χ0) is 18.4. The van der Waals surface area contributed by atoms with E-state index in [-0.39, 0.29) is 18.3 Å². The molecule has 1 atom stereocenters. The zero-order valence-electron chi connectivity index (χ0n) is 14.0. The van der Waals surface area contributed by atoms with Crippen molar-refractivity contribution in [3.63, 3.8) is 0 Å². The number of benzene rings is 2. The molecule has 0 aromatic heterocycles. The molecule has 2 aromatic carbocycles. The number of aryl methyl sites for hydroxylation is 1. The smallest absolute Gasteiger partial charge is 0.312 e. The van der Waals surface area contributed by atoms with Crippen molar-refractivity contribution >= 4 is 17.6 Å². The lowest BCUT2D eigenvalue weighted by Gasteiger charge is -2.15. The van der Waals surface area contributed by atoms with Gasteiger partial charge in [0.05, 0.1) is 0 Å². The van der Waals surface area contributed by atoms with Crippen LogP contribution in [-0.2, 0) is 11.4 Å². The molecule has 0 aliphatic rings. The number of nitrogens with one attached hydrogen (secondary N) is 2. The molecule has 0 radical (unpaired) electrons. The third-order valence-corrected chi connectivity index (χ3v) is 3.50. The quantitative estimate of drug-likeness (QED) is 0.751. The number of carbonyl (C=O) groups is 2. The second-order valence-corrected chi connectivity index (χ2v) is 5.61. The van der Waals surface area contributed by atoms with E-state index in [0.29, 0.717) is 11.4 Å². The molecule has 0 saturated carbocycles. The maximum Gasteiger partial charge on any atom is 0.312 e. The standard InChI is InChI=1S/C18H20FN3O3/c1-11-8-15(25-10-13-4-3-5-14(19)9-13)6-7-16(11)22-17(23)12(2)21-18(20)24/h3-9,12H,10H2,1-2H3,(H,22,23)(H3,20,21,24)/t12-/m0/s1. The molecule has 0 fully saturated rings. The lowest BCUT2D eigenvalue weighted by Crippen LogP contribution is -2.44. The highest BCUT2D eigenvalue weighted by atomic mass is 19.1. The Labute approximate surface area is 145 Å². The summed E-state index contributed by atoms with van der Waals surface area (Å²) in [4.78, 5) is 22.8. The first-order valence-electron chi connectivity index (χ1n) is 7.70. The van der Waals surface area contributed by atoms with E-state index < -0.39 is 12.1 Å². The number of hydrogen-bond donors (Lipinski definition) is 3. The maximum absolute atomic E-state index is 13.1. The van der Waals surface area contributed by atoms with Gasteiger partial charge in [-0.1, -0.05) is 12.1 Å². The molecule has 0 heterocycles. The molecule has 25 heavy (non-hydrogen) atoms. The van der Waals surface area contributed by atoms with Gasteiger partial charge in [0.15, 0.2) is 0 Å². The Kier molecular flexibility index (Phi) is 5.94. The summed E-state index contributed by atoms with van der Waals surface area (Å²) in [5, 5.41) is 5.02. The number of urea groups is 1. The number of rotatable bonds is 6. The van der Waals surface area contributed by atoms with Crippen molar-refractivity contribution in [2.24, 2.45) is 5.73 Å². The molecule has 0 saturated heterocycles. The molecule has 6 nitrogen and oxygen atoms in total. The summed E-state index contributed by atoms with van der Waals surface area (Å²) in [5.74, 6) is -0.0903. The minimum atomic E-state index is -0.763. The summed E-state index contributed by atoms with van der Waals surface area (Å²) in [7, 11) is 0. The van der Waals surface area contributed by atoms with E-state index in [0.717, 1.165) is 11.1 Å². The molecule has 2 rings (SSSR count). The predicted octanol–water partition coefficient (Wildman–Crippen LogP) is 2.71. The summed E-state index contributed by atoms with van der Waals surface area (Å²) in [6, 6.07) is 9.84. The molecule has 4 N–H and O–H groups in total. The van der Waals surface area contributed by atoms with E-state index in [4.69, 9.17) is 10.5 Å². The van der Waals surface area contributed by atoms with E-state index in [1.54, 1.807) is 30.3 Å². The number of anilines is 1. The average molecular weight is 345 g/mol. The minimum absolute atomic E-state index is 0.239. The van der Waals surface area contributed by atoms with Crippen molar-refractivity contribution in [1.29, 1.82) is 0 Å². The summed E-state index contributed by atoms with van der Waals surface area (Å²) >= 11 is 0. The highest BCUT2D eigenvalue weighted by Gasteiger charge is 2.15. The second-order valence-electron chi connectivity index (χ2n) is 5.61. The molecule has 2 aromatic rings. The van der Waals surface area contributed by atoms with E-state index in [1.807, 2.05) is 6.92 Å². The van der Waals surface area contributed by atoms with Crippen LogP contribution in [0.15, 0.2) is 42.5 Å². The van der Waals surface area contributed by atoms with Crippen molar-refractivity contribution in [2.75, 3.05) is 5.32 Å². The summed E-state index contributed by atoms with van der Waals surface area (Å²) in [6.45, 7) is 3.59. The van der Waals surface area contributed by atoms with Crippen molar-refractivity contribution in [3.05, 3.63) is 59.4 Å². The Morgan fingerprint density at radius 1 is 1.24 bits per heavy atom. The first kappa shape index (κ1) is 18.3. The van der Waals surface area contributed by atoms with Crippen LogP contribution in [-0.4, -0.2) is 18.0 Å². The zero-order valence-corrected chi connectivity index (χ0v) is 14.0. The van der Waals surface area contributed by atoms with Crippen LogP contribution in [0.1, 0.15) is 18.1 Å². The third kappa shape index (κ3) is 5.49. The van der Waals surface area contributed by atoms with Gasteiger partial charge in [0.2, 0.25) is 5.91 Å².